The number of H-pyrrole nitrogens is 1. The number of rotatable bonds is 7. The number of nitrogens with one attached hydrogen (secondary N) is 2. The maximum Gasteiger partial charge on any atom is 0.321 e. The lowest BCUT2D eigenvalue weighted by Gasteiger charge is -2.41. The highest BCUT2D eigenvalue weighted by atomic mass is 32.2. The number of anilines is 1. The fraction of sp³-hybridized carbons (Fsp3) is 0.375. The monoisotopic (exact) mass is 422 g/mol. The van der Waals surface area contributed by atoms with E-state index in [0.717, 1.165) is 41.7 Å². The Kier molecular flexibility index (Phi) is 6.18. The van der Waals surface area contributed by atoms with E-state index in [1.165, 1.54) is 11.3 Å². The molecule has 6 heteroatoms. The summed E-state index contributed by atoms with van der Waals surface area (Å²) in [6.07, 6.45) is 2.95. The normalized spacial score (nSPS) is 19.7. The number of imidazole rings is 1. The number of nitrogens with zero attached hydrogens (tertiary/aromatic N) is 2. The van der Waals surface area contributed by atoms with E-state index in [2.05, 4.69) is 58.8 Å². The van der Waals surface area contributed by atoms with E-state index in [0.29, 0.717) is 17.0 Å². The van der Waals surface area contributed by atoms with Gasteiger partial charge in [-0.2, -0.15) is 4.98 Å². The van der Waals surface area contributed by atoms with Crippen LogP contribution in [0.3, 0.4) is 0 Å². The molecule has 0 fully saturated rings. The lowest BCUT2D eigenvalue weighted by molar-refractivity contribution is 0.441. The molecule has 0 radical (unpaired) electrons. The number of fused-ring (bicyclic) bond motifs is 2. The maximum absolute atomic E-state index is 13.3. The van der Waals surface area contributed by atoms with Crippen LogP contribution in [0.2, 0.25) is 0 Å². The Balaban J connectivity index is 1.67. The van der Waals surface area contributed by atoms with Crippen molar-refractivity contribution in [1.29, 1.82) is 0 Å². The van der Waals surface area contributed by atoms with Gasteiger partial charge in [-0.1, -0.05) is 30.3 Å². The fourth-order valence-corrected chi connectivity index (χ4v) is 5.55. The summed E-state index contributed by atoms with van der Waals surface area (Å²) in [6, 6.07) is 13.1. The summed E-state index contributed by atoms with van der Waals surface area (Å²) in [4.78, 5) is 10.3. The van der Waals surface area contributed by atoms with E-state index in [9.17, 15) is 4.55 Å². The van der Waals surface area contributed by atoms with Crippen LogP contribution in [-0.4, -0.2) is 33.7 Å². The molecule has 2 heterocycles. The third kappa shape index (κ3) is 4.00. The number of aromatic nitrogens is 2. The molecule has 0 spiro atoms. The van der Waals surface area contributed by atoms with Crippen molar-refractivity contribution in [3.05, 3.63) is 65.7 Å². The minimum absolute atomic E-state index is 0.276. The second-order valence-corrected chi connectivity index (χ2v) is 9.39. The van der Waals surface area contributed by atoms with Gasteiger partial charge in [0.05, 0.1) is 11.0 Å². The topological polar surface area (TPSA) is 67.0 Å². The van der Waals surface area contributed by atoms with Gasteiger partial charge in [-0.15, -0.1) is 6.58 Å². The van der Waals surface area contributed by atoms with Gasteiger partial charge in [0.2, 0.25) is 0 Å². The fourth-order valence-electron chi connectivity index (χ4n) is 4.47. The molecule has 3 atom stereocenters. The third-order valence-electron chi connectivity index (χ3n) is 5.89. The summed E-state index contributed by atoms with van der Waals surface area (Å²) in [5, 5.41) is 4.14. The molecule has 158 valence electrons. The molecule has 1 aliphatic heterocycles. The molecule has 2 aromatic carbocycles. The van der Waals surface area contributed by atoms with Gasteiger partial charge in [0.1, 0.15) is 5.75 Å². The Morgan fingerprint density at radius 1 is 1.37 bits per heavy atom. The van der Waals surface area contributed by atoms with Crippen LogP contribution in [0, 0.1) is 6.92 Å². The summed E-state index contributed by atoms with van der Waals surface area (Å²) in [6.45, 7) is 12.0. The van der Waals surface area contributed by atoms with Gasteiger partial charge >= 0.3 is 5.16 Å². The van der Waals surface area contributed by atoms with Crippen LogP contribution < -0.4 is 10.2 Å². The maximum atomic E-state index is 13.3. The number of benzene rings is 2. The highest BCUT2D eigenvalue weighted by Crippen LogP contribution is 2.40. The first-order valence-electron chi connectivity index (χ1n) is 10.6. The molecule has 0 bridgehead atoms. The molecular weight excluding hydrogens is 392 g/mol. The van der Waals surface area contributed by atoms with E-state index in [1.54, 1.807) is 0 Å². The summed E-state index contributed by atoms with van der Waals surface area (Å²) in [5.41, 5.74) is 6.56. The summed E-state index contributed by atoms with van der Waals surface area (Å²) >= 11 is -1.25. The van der Waals surface area contributed by atoms with Crippen LogP contribution in [-0.2, 0) is 16.9 Å². The van der Waals surface area contributed by atoms with Crippen molar-refractivity contribution in [3.63, 3.8) is 0 Å². The first-order chi connectivity index (χ1) is 14.5. The molecule has 3 aromatic rings. The molecule has 4 rings (SSSR count). The molecule has 1 aliphatic rings. The van der Waals surface area contributed by atoms with Crippen molar-refractivity contribution in [1.82, 2.24) is 15.3 Å². The van der Waals surface area contributed by atoms with Gasteiger partial charge in [0.15, 0.2) is 0 Å². The molecule has 2 N–H and O–H groups in total. The minimum Gasteiger partial charge on any atom is -0.609 e. The van der Waals surface area contributed by atoms with Crippen LogP contribution in [0.5, 0.6) is 0 Å². The standard InChI is InChI=1S/C24H30N4OS/c1-5-12-25-21-14-17(4)28(6-2)23-18(8-7-9-19(21)23)15-30(29)24-26-20-11-10-16(3)13-22(20)27-24/h5,7-11,13,17,21,25H,1,6,12,14-15H2,2-4H3,(H,26,27). The average molecular weight is 423 g/mol. The lowest BCUT2D eigenvalue weighted by atomic mass is 9.89. The predicted octanol–water partition coefficient (Wildman–Crippen LogP) is 4.61. The van der Waals surface area contributed by atoms with Crippen molar-refractivity contribution in [3.8, 4) is 0 Å². The Labute approximate surface area is 181 Å². The van der Waals surface area contributed by atoms with Crippen molar-refractivity contribution in [2.45, 2.75) is 50.2 Å². The first-order valence-corrected chi connectivity index (χ1v) is 11.9. The van der Waals surface area contributed by atoms with Crippen molar-refractivity contribution >= 4 is 27.9 Å². The van der Waals surface area contributed by atoms with Gasteiger partial charge in [0.25, 0.3) is 0 Å². The second-order valence-electron chi connectivity index (χ2n) is 8.03. The Bertz CT molecular complexity index is 1050. The van der Waals surface area contributed by atoms with Crippen LogP contribution in [0.25, 0.3) is 11.0 Å². The second kappa shape index (κ2) is 8.84. The van der Waals surface area contributed by atoms with Gasteiger partial charge in [-0.25, -0.2) is 0 Å². The average Bonchev–Trinajstić information content (AvgIpc) is 3.16. The third-order valence-corrected chi connectivity index (χ3v) is 7.09. The Morgan fingerprint density at radius 2 is 2.20 bits per heavy atom. The van der Waals surface area contributed by atoms with Crippen LogP contribution >= 0.6 is 0 Å². The summed E-state index contributed by atoms with van der Waals surface area (Å²) in [7, 11) is 0. The number of para-hydroxylation sites is 1. The number of hydrogen-bond donors (Lipinski definition) is 2. The zero-order chi connectivity index (χ0) is 21.3. The quantitative estimate of drug-likeness (QED) is 0.431. The smallest absolute Gasteiger partial charge is 0.321 e. The molecule has 0 aliphatic carbocycles. The zero-order valence-corrected chi connectivity index (χ0v) is 18.8. The van der Waals surface area contributed by atoms with Crippen LogP contribution in [0.15, 0.2) is 54.2 Å². The van der Waals surface area contributed by atoms with Gasteiger partial charge in [-0.05, 0) is 50.5 Å². The highest BCUT2D eigenvalue weighted by Gasteiger charge is 2.32. The van der Waals surface area contributed by atoms with Crippen molar-refractivity contribution < 1.29 is 4.55 Å². The van der Waals surface area contributed by atoms with Crippen LogP contribution in [0.4, 0.5) is 5.69 Å². The van der Waals surface area contributed by atoms with Gasteiger partial charge in [-0.3, -0.25) is 4.98 Å². The van der Waals surface area contributed by atoms with E-state index in [-0.39, 0.29) is 6.04 Å². The van der Waals surface area contributed by atoms with E-state index < -0.39 is 11.2 Å². The zero-order valence-electron chi connectivity index (χ0n) is 17.9. The van der Waals surface area contributed by atoms with Crippen molar-refractivity contribution in [2.75, 3.05) is 18.0 Å². The van der Waals surface area contributed by atoms with Crippen molar-refractivity contribution in [2.24, 2.45) is 0 Å². The van der Waals surface area contributed by atoms with Crippen LogP contribution in [0.1, 0.15) is 43.0 Å². The number of aromatic amines is 1. The predicted molar refractivity (Wildman–Crippen MR) is 125 cm³/mol. The highest BCUT2D eigenvalue weighted by molar-refractivity contribution is 7.90. The number of hydrogen-bond acceptors (Lipinski definition) is 4. The Morgan fingerprint density at radius 3 is 2.97 bits per heavy atom. The number of aryl methyl sites for hydroxylation is 1. The van der Waals surface area contributed by atoms with Gasteiger partial charge in [0, 0.05) is 47.6 Å². The summed E-state index contributed by atoms with van der Waals surface area (Å²) < 4.78 is 13.3. The van der Waals surface area contributed by atoms with E-state index in [4.69, 9.17) is 0 Å². The Hall–Kier alpha value is -2.28. The molecule has 0 amide bonds. The van der Waals surface area contributed by atoms with E-state index in [1.807, 2.05) is 31.2 Å². The SMILES string of the molecule is C=CCNC1CC(C)N(CC)c2c(C[S+]([O-])c3nc4cc(C)ccc4[nH]3)cccc21. The minimum atomic E-state index is -1.25. The largest absolute Gasteiger partial charge is 0.609 e. The molecule has 5 nitrogen and oxygen atoms in total. The molecule has 0 saturated carbocycles. The molecular formula is C24H30N4OS. The lowest BCUT2D eigenvalue weighted by Crippen LogP contribution is -2.42. The first kappa shape index (κ1) is 21.0. The van der Waals surface area contributed by atoms with E-state index >= 15 is 0 Å². The molecule has 0 saturated heterocycles. The molecule has 30 heavy (non-hydrogen) atoms. The van der Waals surface area contributed by atoms with Gasteiger partial charge < -0.3 is 14.8 Å². The molecule has 1 aromatic heterocycles. The summed E-state index contributed by atoms with van der Waals surface area (Å²) in [5.74, 6) is 0.444. The molecule has 3 unspecified atom stereocenters.